The van der Waals surface area contributed by atoms with Crippen molar-refractivity contribution in [2.45, 2.75) is 0 Å². The van der Waals surface area contributed by atoms with Crippen molar-refractivity contribution < 1.29 is 146 Å². The van der Waals surface area contributed by atoms with Crippen LogP contribution in [0.4, 0.5) is 0 Å². The Bertz CT molecular complexity index is 61.9. The van der Waals surface area contributed by atoms with Gasteiger partial charge in [0.15, 0.2) is 0 Å². The van der Waals surface area contributed by atoms with Crippen LogP contribution in [-0.2, 0) is 4.57 Å². The molecule has 40 valence electrons. The van der Waals surface area contributed by atoms with Crippen molar-refractivity contribution in [2.75, 3.05) is 0 Å². The summed E-state index contributed by atoms with van der Waals surface area (Å²) in [5.74, 6) is 0. The first kappa shape index (κ1) is 29.2. The van der Waals surface area contributed by atoms with Crippen LogP contribution in [0.1, 0.15) is 0 Å². The minimum absolute atomic E-state index is 0. The standard InChI is InChI=1S/Ar.3Na.H3O4P/c;;;;1-5(2,3)4/h;;;;(H3,1,2,3,4)/q;3*+1;/p-3. The minimum atomic E-state index is -5.39. The Morgan fingerprint density at radius 2 is 0.889 bits per heavy atom. The molecule has 0 amide bonds. The molecule has 0 spiro atoms. The molecule has 0 saturated heterocycles. The Kier molecular flexibility index (Phi) is 48.3. The quantitative estimate of drug-likeness (QED) is 0.289. The third-order valence-corrected chi connectivity index (χ3v) is 0. The summed E-state index contributed by atoms with van der Waals surface area (Å²) >= 11 is 0. The van der Waals surface area contributed by atoms with Gasteiger partial charge >= 0.3 is 88.7 Å². The van der Waals surface area contributed by atoms with Gasteiger partial charge in [0.05, 0.1) is 0 Å². The van der Waals surface area contributed by atoms with Gasteiger partial charge in [0.25, 0.3) is 0 Å². The fraction of sp³-hybridized carbons (Fsp3) is 0. The maximum Gasteiger partial charge on any atom is 1.00 e. The van der Waals surface area contributed by atoms with E-state index < -0.39 is 7.82 Å². The molecule has 0 rings (SSSR count). The van der Waals surface area contributed by atoms with E-state index in [0.29, 0.717) is 0 Å². The molecule has 0 bridgehead atoms. The summed E-state index contributed by atoms with van der Waals surface area (Å²) in [6, 6.07) is 0. The predicted molar refractivity (Wildman–Crippen MR) is 7.61 cm³/mol. The molecule has 0 fully saturated rings. The van der Waals surface area contributed by atoms with Gasteiger partial charge in [-0.1, -0.05) is 0 Å². The summed E-state index contributed by atoms with van der Waals surface area (Å²) in [5, 5.41) is 0. The molecule has 0 N–H and O–H groups in total. The smallest absolute Gasteiger partial charge is 0.822 e. The summed E-state index contributed by atoms with van der Waals surface area (Å²) in [7, 11) is -5.39. The van der Waals surface area contributed by atoms with Crippen LogP contribution in [0.25, 0.3) is 0 Å². The van der Waals surface area contributed by atoms with E-state index in [1.165, 1.54) is 0 Å². The average Bonchev–Trinajstić information content (AvgIpc) is 0.722. The molecular weight excluding hydrogens is 204 g/mol. The van der Waals surface area contributed by atoms with Crippen LogP contribution in [0.15, 0.2) is 0 Å². The maximum atomic E-state index is 8.55. The van der Waals surface area contributed by atoms with Crippen molar-refractivity contribution in [2.24, 2.45) is 0 Å². The molecule has 0 aliphatic heterocycles. The van der Waals surface area contributed by atoms with E-state index in [4.69, 9.17) is 19.2 Å². The van der Waals surface area contributed by atoms with Crippen LogP contribution < -0.4 is 103 Å². The second kappa shape index (κ2) is 14.9. The van der Waals surface area contributed by atoms with E-state index in [2.05, 4.69) is 0 Å². The first-order valence-electron chi connectivity index (χ1n) is 0.730. The van der Waals surface area contributed by atoms with E-state index in [0.717, 1.165) is 0 Å². The summed E-state index contributed by atoms with van der Waals surface area (Å²) in [4.78, 5) is 25.6. The van der Waals surface area contributed by atoms with E-state index in [9.17, 15) is 0 Å². The van der Waals surface area contributed by atoms with Gasteiger partial charge in [0, 0.05) is 37.7 Å². The first-order valence-corrected chi connectivity index (χ1v) is 2.19. The molecule has 4 nitrogen and oxygen atoms in total. The fourth-order valence-electron chi connectivity index (χ4n) is 0. The molecule has 0 saturated carbocycles. The molecule has 0 aromatic carbocycles. The largest absolute Gasteiger partial charge is 1.00 e. The monoisotopic (exact) mass is 204 g/mol. The Balaban J connectivity index is -0.0000000133. The molecule has 0 aromatic rings. The van der Waals surface area contributed by atoms with E-state index in [1.54, 1.807) is 0 Å². The van der Waals surface area contributed by atoms with Crippen molar-refractivity contribution in [3.63, 3.8) is 0 Å². The molecule has 9 heteroatoms. The molecule has 0 unspecified atom stereocenters. The summed E-state index contributed by atoms with van der Waals surface area (Å²) in [6.45, 7) is 0. The van der Waals surface area contributed by atoms with Gasteiger partial charge in [-0.3, -0.25) is 0 Å². The van der Waals surface area contributed by atoms with Gasteiger partial charge in [-0.05, 0) is 0 Å². The summed E-state index contributed by atoms with van der Waals surface area (Å²) < 4.78 is 8.55. The van der Waals surface area contributed by atoms with Crippen LogP contribution in [0.2, 0.25) is 0 Å². The van der Waals surface area contributed by atoms with Crippen molar-refractivity contribution in [1.29, 1.82) is 0 Å². The molecule has 0 aromatic heterocycles. The van der Waals surface area contributed by atoms with Crippen molar-refractivity contribution in [3.05, 3.63) is 0 Å². The van der Waals surface area contributed by atoms with Crippen molar-refractivity contribution in [1.82, 2.24) is 0 Å². The zero-order valence-corrected chi connectivity index (χ0v) is 13.0. The zero-order chi connectivity index (χ0) is 4.50. The third-order valence-electron chi connectivity index (χ3n) is 0. The van der Waals surface area contributed by atoms with Crippen molar-refractivity contribution >= 4 is 7.82 Å². The molecule has 9 heavy (non-hydrogen) atoms. The SMILES string of the molecule is O=P([O-])([O-])[O-].[Ar].[Na+].[Na+].[Na+]. The van der Waals surface area contributed by atoms with Gasteiger partial charge in [-0.15, -0.1) is 0 Å². The minimum Gasteiger partial charge on any atom is -0.822 e. The molecule has 0 heterocycles. The molecule has 0 radical (unpaired) electrons. The number of rotatable bonds is 0. The Morgan fingerprint density at radius 3 is 0.889 bits per heavy atom. The number of hydrogen-bond acceptors (Lipinski definition) is 4. The van der Waals surface area contributed by atoms with Gasteiger partial charge in [0.1, 0.15) is 0 Å². The van der Waals surface area contributed by atoms with E-state index >= 15 is 0 Å². The maximum absolute atomic E-state index is 8.55. The van der Waals surface area contributed by atoms with E-state index in [1.807, 2.05) is 0 Å². The van der Waals surface area contributed by atoms with Crippen LogP contribution in [0.5, 0.6) is 0 Å². The Hall–Kier alpha value is 4.37. The van der Waals surface area contributed by atoms with Gasteiger partial charge < -0.3 is 19.2 Å². The Labute approximate surface area is 150 Å². The third kappa shape index (κ3) is 69.7. The molecular formula is ArNa3O4P. The normalized spacial score (nSPS) is 6.56. The van der Waals surface area contributed by atoms with Crippen molar-refractivity contribution in [3.8, 4) is 0 Å². The molecule has 0 atom stereocenters. The summed E-state index contributed by atoms with van der Waals surface area (Å²) in [5.41, 5.74) is 0. The van der Waals surface area contributed by atoms with Crippen LogP contribution in [-0.4, -0.2) is 0 Å². The second-order valence-electron chi connectivity index (χ2n) is 0.447. The fourth-order valence-corrected chi connectivity index (χ4v) is 0. The molecule has 0 aliphatic rings. The van der Waals surface area contributed by atoms with Gasteiger partial charge in [-0.2, -0.15) is 7.82 Å². The topological polar surface area (TPSA) is 86.2 Å². The van der Waals surface area contributed by atoms with Crippen LogP contribution in [0, 0.1) is 37.7 Å². The van der Waals surface area contributed by atoms with Crippen LogP contribution in [0.3, 0.4) is 0 Å². The predicted octanol–water partition coefficient (Wildman–Crippen LogP) is -11.8. The summed E-state index contributed by atoms with van der Waals surface area (Å²) in [6.07, 6.45) is 0. The van der Waals surface area contributed by atoms with Gasteiger partial charge in [0.2, 0.25) is 0 Å². The van der Waals surface area contributed by atoms with Crippen LogP contribution >= 0.6 is 7.82 Å². The first-order chi connectivity index (χ1) is 2.00. The average molecular weight is 204 g/mol. The number of phosphoric acid groups is 1. The second-order valence-corrected chi connectivity index (χ2v) is 1.34. The van der Waals surface area contributed by atoms with E-state index in [-0.39, 0.29) is 126 Å². The zero-order valence-electron chi connectivity index (χ0n) is 5.43. The molecule has 0 aliphatic carbocycles. The van der Waals surface area contributed by atoms with Gasteiger partial charge in [-0.25, -0.2) is 0 Å². The Morgan fingerprint density at radius 1 is 0.889 bits per heavy atom. The number of hydrogen-bond donors (Lipinski definition) is 0.